The van der Waals surface area contributed by atoms with E-state index >= 15 is 0 Å². The van der Waals surface area contributed by atoms with Gasteiger partial charge in [0.2, 0.25) is 11.8 Å². The molecule has 0 atom stereocenters. The number of aromatic nitrogens is 1. The lowest BCUT2D eigenvalue weighted by Crippen LogP contribution is -2.31. The zero-order valence-corrected chi connectivity index (χ0v) is 11.3. The molecule has 1 rings (SSSR count). The van der Waals surface area contributed by atoms with Crippen LogP contribution in [0.2, 0.25) is 0 Å². The number of hydrogen-bond donors (Lipinski definition) is 1. The number of carbonyl (C=O) groups is 1. The summed E-state index contributed by atoms with van der Waals surface area (Å²) >= 11 is 0. The molecule has 100 valence electrons. The number of amides is 1. The number of ether oxygens (including phenoxy) is 2. The van der Waals surface area contributed by atoms with E-state index in [1.54, 1.807) is 19.4 Å². The molecule has 0 aromatic carbocycles. The van der Waals surface area contributed by atoms with E-state index < -0.39 is 0 Å². The van der Waals surface area contributed by atoms with E-state index in [2.05, 4.69) is 10.3 Å². The number of nitrogens with one attached hydrogen (secondary N) is 1. The van der Waals surface area contributed by atoms with Crippen LogP contribution in [-0.2, 0) is 16.1 Å². The van der Waals surface area contributed by atoms with Gasteiger partial charge < -0.3 is 14.8 Å². The highest BCUT2D eigenvalue weighted by Crippen LogP contribution is 2.07. The Morgan fingerprint density at radius 2 is 2.11 bits per heavy atom. The normalized spacial score (nSPS) is 11.1. The van der Waals surface area contributed by atoms with Gasteiger partial charge in [0, 0.05) is 18.8 Å². The summed E-state index contributed by atoms with van der Waals surface area (Å²) in [6, 6.07) is 3.61. The second-order valence-electron chi connectivity index (χ2n) is 4.89. The van der Waals surface area contributed by atoms with E-state index in [0.29, 0.717) is 12.4 Å². The highest BCUT2D eigenvalue weighted by molar-refractivity contribution is 5.77. The predicted molar refractivity (Wildman–Crippen MR) is 68.3 cm³/mol. The minimum atomic E-state index is -0.307. The van der Waals surface area contributed by atoms with Crippen LogP contribution < -0.4 is 10.1 Å². The van der Waals surface area contributed by atoms with Crippen LogP contribution in [-0.4, -0.2) is 30.2 Å². The molecule has 0 saturated heterocycles. The minimum Gasteiger partial charge on any atom is -0.481 e. The molecule has 5 heteroatoms. The molecule has 0 fully saturated rings. The number of carbonyl (C=O) groups excluding carboxylic acids is 1. The second-order valence-corrected chi connectivity index (χ2v) is 4.89. The van der Waals surface area contributed by atoms with Gasteiger partial charge in [-0.2, -0.15) is 0 Å². The van der Waals surface area contributed by atoms with Crippen molar-refractivity contribution < 1.29 is 14.3 Å². The third kappa shape index (κ3) is 5.63. The second kappa shape index (κ2) is 6.35. The van der Waals surface area contributed by atoms with Crippen molar-refractivity contribution in [2.75, 3.05) is 13.7 Å². The molecule has 1 aromatic rings. The minimum absolute atomic E-state index is 0.0626. The number of methoxy groups -OCH3 is 1. The molecule has 0 saturated carbocycles. The van der Waals surface area contributed by atoms with E-state index in [0.717, 1.165) is 5.56 Å². The summed E-state index contributed by atoms with van der Waals surface area (Å²) in [6.45, 7) is 6.23. The van der Waals surface area contributed by atoms with Crippen LogP contribution in [0.5, 0.6) is 5.88 Å². The van der Waals surface area contributed by atoms with Gasteiger partial charge in [0.05, 0.1) is 12.7 Å². The van der Waals surface area contributed by atoms with Gasteiger partial charge in [0.25, 0.3) is 0 Å². The molecular formula is C13H20N2O3. The van der Waals surface area contributed by atoms with Crippen LogP contribution in [0.25, 0.3) is 0 Å². The third-order valence-electron chi connectivity index (χ3n) is 2.13. The lowest BCUT2D eigenvalue weighted by atomic mass is 10.2. The Morgan fingerprint density at radius 1 is 1.39 bits per heavy atom. The molecule has 1 N–H and O–H groups in total. The van der Waals surface area contributed by atoms with Gasteiger partial charge >= 0.3 is 0 Å². The van der Waals surface area contributed by atoms with Crippen LogP contribution in [0, 0.1) is 0 Å². The summed E-state index contributed by atoms with van der Waals surface area (Å²) in [5.41, 5.74) is 0.610. The van der Waals surface area contributed by atoms with Crippen LogP contribution >= 0.6 is 0 Å². The maximum absolute atomic E-state index is 11.5. The van der Waals surface area contributed by atoms with Crippen LogP contribution in [0.15, 0.2) is 18.3 Å². The topological polar surface area (TPSA) is 60.5 Å². The summed E-state index contributed by atoms with van der Waals surface area (Å²) in [5, 5.41) is 2.76. The van der Waals surface area contributed by atoms with Gasteiger partial charge in [-0.15, -0.1) is 0 Å². The molecule has 0 unspecified atom stereocenters. The number of pyridine rings is 1. The number of nitrogens with zero attached hydrogens (tertiary/aromatic N) is 1. The van der Waals surface area contributed by atoms with Gasteiger partial charge in [-0.1, -0.05) is 6.07 Å². The first-order valence-corrected chi connectivity index (χ1v) is 5.80. The van der Waals surface area contributed by atoms with Crippen molar-refractivity contribution >= 4 is 5.91 Å². The summed E-state index contributed by atoms with van der Waals surface area (Å²) in [7, 11) is 1.56. The Morgan fingerprint density at radius 3 is 2.61 bits per heavy atom. The van der Waals surface area contributed by atoms with Gasteiger partial charge in [-0.25, -0.2) is 4.98 Å². The molecule has 18 heavy (non-hydrogen) atoms. The lowest BCUT2D eigenvalue weighted by Gasteiger charge is -2.18. The van der Waals surface area contributed by atoms with Crippen molar-refractivity contribution in [1.82, 2.24) is 10.3 Å². The standard InChI is InChI=1S/C13H20N2O3/c1-13(2,3)18-9-11(16)14-7-10-5-6-12(17-4)15-8-10/h5-6,8H,7,9H2,1-4H3,(H,14,16). The fraction of sp³-hybridized carbons (Fsp3) is 0.538. The van der Waals surface area contributed by atoms with E-state index in [9.17, 15) is 4.79 Å². The average molecular weight is 252 g/mol. The zero-order chi connectivity index (χ0) is 13.6. The first kappa shape index (κ1) is 14.4. The SMILES string of the molecule is COc1ccc(CNC(=O)COC(C)(C)C)cn1. The molecule has 0 bridgehead atoms. The first-order chi connectivity index (χ1) is 8.40. The summed E-state index contributed by atoms with van der Waals surface area (Å²) in [5.74, 6) is 0.418. The number of rotatable bonds is 5. The predicted octanol–water partition coefficient (Wildman–Crippen LogP) is 1.52. The van der Waals surface area contributed by atoms with Crippen molar-refractivity contribution in [3.8, 4) is 5.88 Å². The molecule has 5 nitrogen and oxygen atoms in total. The summed E-state index contributed by atoms with van der Waals surface area (Å²) < 4.78 is 10.3. The molecule has 0 aliphatic rings. The quantitative estimate of drug-likeness (QED) is 0.863. The summed E-state index contributed by atoms with van der Waals surface area (Å²) in [4.78, 5) is 15.6. The molecule has 0 aliphatic carbocycles. The fourth-order valence-electron chi connectivity index (χ4n) is 1.17. The Balaban J connectivity index is 2.33. The van der Waals surface area contributed by atoms with Crippen molar-refractivity contribution in [3.05, 3.63) is 23.9 Å². The smallest absolute Gasteiger partial charge is 0.246 e. The molecule has 1 heterocycles. The van der Waals surface area contributed by atoms with Crippen LogP contribution in [0.1, 0.15) is 26.3 Å². The zero-order valence-electron chi connectivity index (χ0n) is 11.3. The van der Waals surface area contributed by atoms with Gasteiger partial charge in [-0.05, 0) is 26.3 Å². The summed E-state index contributed by atoms with van der Waals surface area (Å²) in [6.07, 6.45) is 1.67. The van der Waals surface area contributed by atoms with E-state index in [-0.39, 0.29) is 18.1 Å². The van der Waals surface area contributed by atoms with Crippen LogP contribution in [0.4, 0.5) is 0 Å². The monoisotopic (exact) mass is 252 g/mol. The van der Waals surface area contributed by atoms with E-state index in [1.165, 1.54) is 0 Å². The van der Waals surface area contributed by atoms with Gasteiger partial charge in [0.15, 0.2) is 0 Å². The van der Waals surface area contributed by atoms with Crippen LogP contribution in [0.3, 0.4) is 0 Å². The number of hydrogen-bond acceptors (Lipinski definition) is 4. The molecule has 0 aliphatic heterocycles. The average Bonchev–Trinajstić information content (AvgIpc) is 2.33. The molecular weight excluding hydrogens is 232 g/mol. The Bertz CT molecular complexity index is 382. The van der Waals surface area contributed by atoms with E-state index in [1.807, 2.05) is 26.8 Å². The largest absolute Gasteiger partial charge is 0.481 e. The highest BCUT2D eigenvalue weighted by Gasteiger charge is 2.12. The van der Waals surface area contributed by atoms with Crippen molar-refractivity contribution in [2.45, 2.75) is 32.9 Å². The molecule has 0 radical (unpaired) electrons. The molecule has 1 aromatic heterocycles. The molecule has 0 spiro atoms. The van der Waals surface area contributed by atoms with Crippen molar-refractivity contribution in [3.63, 3.8) is 0 Å². The lowest BCUT2D eigenvalue weighted by molar-refractivity contribution is -0.130. The Kier molecular flexibility index (Phi) is 5.09. The highest BCUT2D eigenvalue weighted by atomic mass is 16.5. The maximum atomic E-state index is 11.5. The third-order valence-corrected chi connectivity index (χ3v) is 2.13. The van der Waals surface area contributed by atoms with E-state index in [4.69, 9.17) is 9.47 Å². The first-order valence-electron chi connectivity index (χ1n) is 5.80. The van der Waals surface area contributed by atoms with Crippen molar-refractivity contribution in [2.24, 2.45) is 0 Å². The maximum Gasteiger partial charge on any atom is 0.246 e. The molecule has 1 amide bonds. The Hall–Kier alpha value is -1.62. The fourth-order valence-corrected chi connectivity index (χ4v) is 1.17. The van der Waals surface area contributed by atoms with Gasteiger partial charge in [-0.3, -0.25) is 4.79 Å². The van der Waals surface area contributed by atoms with Gasteiger partial charge in [0.1, 0.15) is 6.61 Å². The Labute approximate surface area is 108 Å². The van der Waals surface area contributed by atoms with Crippen molar-refractivity contribution in [1.29, 1.82) is 0 Å².